The summed E-state index contributed by atoms with van der Waals surface area (Å²) in [5, 5.41) is 4.59. The Labute approximate surface area is 165 Å². The number of aromatic nitrogens is 1. The van der Waals surface area contributed by atoms with Crippen molar-refractivity contribution in [2.45, 2.75) is 26.2 Å². The van der Waals surface area contributed by atoms with Crippen LogP contribution in [0.4, 0.5) is 5.69 Å². The minimum Gasteiger partial charge on any atom is -0.465 e. The van der Waals surface area contributed by atoms with Crippen molar-refractivity contribution in [2.24, 2.45) is 0 Å². The molecule has 5 heteroatoms. The first-order chi connectivity index (χ1) is 12.7. The molecule has 0 radical (unpaired) electrons. The van der Waals surface area contributed by atoms with Crippen molar-refractivity contribution in [3.63, 3.8) is 0 Å². The third kappa shape index (κ3) is 3.50. The van der Waals surface area contributed by atoms with E-state index in [0.29, 0.717) is 5.56 Å². The topological polar surface area (TPSA) is 51.2 Å². The van der Waals surface area contributed by atoms with Crippen LogP contribution in [0.2, 0.25) is 0 Å². The van der Waals surface area contributed by atoms with Crippen molar-refractivity contribution in [1.29, 1.82) is 0 Å². The van der Waals surface area contributed by atoms with Crippen molar-refractivity contribution >= 4 is 35.0 Å². The molecule has 140 valence electrons. The van der Waals surface area contributed by atoms with Gasteiger partial charge in [-0.3, -0.25) is 4.98 Å². The summed E-state index contributed by atoms with van der Waals surface area (Å²) in [6, 6.07) is 14.1. The maximum atomic E-state index is 12.4. The number of aryl methyl sites for hydroxylation is 3. The second-order valence-electron chi connectivity index (χ2n) is 6.69. The summed E-state index contributed by atoms with van der Waals surface area (Å²) in [7, 11) is 1.43. The van der Waals surface area contributed by atoms with Crippen LogP contribution in [-0.2, 0) is 24.0 Å². The summed E-state index contributed by atoms with van der Waals surface area (Å²) in [6.07, 6.45) is 2.61. The minimum absolute atomic E-state index is 0. The Morgan fingerprint density at radius 3 is 2.67 bits per heavy atom. The molecule has 2 aromatic carbocycles. The van der Waals surface area contributed by atoms with Crippen LogP contribution in [0.15, 0.2) is 42.5 Å². The SMILES string of the molecule is COC(=O)c1ccc2nc(C)c3c(c2c1CCc1ccccc1)NCC3.Cl. The molecule has 0 bridgehead atoms. The second-order valence-corrected chi connectivity index (χ2v) is 6.69. The van der Waals surface area contributed by atoms with Crippen molar-refractivity contribution in [2.75, 3.05) is 19.0 Å². The molecule has 4 rings (SSSR count). The number of benzene rings is 2. The molecule has 1 aliphatic heterocycles. The van der Waals surface area contributed by atoms with Crippen LogP contribution in [0.1, 0.15) is 32.7 Å². The van der Waals surface area contributed by atoms with Gasteiger partial charge < -0.3 is 10.1 Å². The predicted molar refractivity (Wildman–Crippen MR) is 111 cm³/mol. The summed E-state index contributed by atoms with van der Waals surface area (Å²) in [5.74, 6) is -0.290. The van der Waals surface area contributed by atoms with E-state index < -0.39 is 0 Å². The lowest BCUT2D eigenvalue weighted by Crippen LogP contribution is -2.09. The molecule has 0 amide bonds. The maximum Gasteiger partial charge on any atom is 0.338 e. The number of carbonyl (C=O) groups excluding carboxylic acids is 1. The molecule has 0 saturated heterocycles. The van der Waals surface area contributed by atoms with E-state index in [-0.39, 0.29) is 18.4 Å². The molecule has 0 fully saturated rings. The molecule has 0 aliphatic carbocycles. The van der Waals surface area contributed by atoms with Crippen LogP contribution in [0.5, 0.6) is 0 Å². The van der Waals surface area contributed by atoms with E-state index in [1.165, 1.54) is 18.2 Å². The van der Waals surface area contributed by atoms with E-state index >= 15 is 0 Å². The number of hydrogen-bond acceptors (Lipinski definition) is 4. The van der Waals surface area contributed by atoms with Gasteiger partial charge in [-0.25, -0.2) is 4.79 Å². The van der Waals surface area contributed by atoms with Gasteiger partial charge in [-0.15, -0.1) is 12.4 Å². The van der Waals surface area contributed by atoms with E-state index in [4.69, 9.17) is 9.72 Å². The molecule has 1 aromatic heterocycles. The van der Waals surface area contributed by atoms with Crippen molar-refractivity contribution in [3.05, 3.63) is 70.4 Å². The molecule has 1 aliphatic rings. The average molecular weight is 383 g/mol. The Bertz CT molecular complexity index is 987. The van der Waals surface area contributed by atoms with E-state index in [2.05, 4.69) is 24.4 Å². The van der Waals surface area contributed by atoms with Gasteiger partial charge in [0.2, 0.25) is 0 Å². The number of methoxy groups -OCH3 is 1. The number of pyridine rings is 1. The molecular weight excluding hydrogens is 360 g/mol. The summed E-state index contributed by atoms with van der Waals surface area (Å²) in [4.78, 5) is 17.2. The Kier molecular flexibility index (Phi) is 5.66. The fourth-order valence-corrected chi connectivity index (χ4v) is 3.88. The van der Waals surface area contributed by atoms with Gasteiger partial charge in [0.1, 0.15) is 0 Å². The molecule has 0 saturated carbocycles. The lowest BCUT2D eigenvalue weighted by molar-refractivity contribution is 0.0599. The number of rotatable bonds is 4. The number of nitrogens with zero attached hydrogens (tertiary/aromatic N) is 1. The lowest BCUT2D eigenvalue weighted by Gasteiger charge is -2.16. The zero-order valence-electron chi connectivity index (χ0n) is 15.5. The summed E-state index contributed by atoms with van der Waals surface area (Å²) in [6.45, 7) is 2.97. The molecule has 1 N–H and O–H groups in total. The van der Waals surface area contributed by atoms with Crippen molar-refractivity contribution in [3.8, 4) is 0 Å². The Morgan fingerprint density at radius 1 is 1.15 bits per heavy atom. The predicted octanol–water partition coefficient (Wildman–Crippen LogP) is 4.50. The molecule has 0 atom stereocenters. The van der Waals surface area contributed by atoms with E-state index in [0.717, 1.165) is 53.7 Å². The number of hydrogen-bond donors (Lipinski definition) is 1. The van der Waals surface area contributed by atoms with E-state index in [1.54, 1.807) is 0 Å². The third-order valence-electron chi connectivity index (χ3n) is 5.16. The molecular formula is C22H23ClN2O2. The molecule has 0 unspecified atom stereocenters. The standard InChI is InChI=1S/C22H22N2O2.ClH/c1-14-16-12-13-23-21(16)20-17(9-8-15-6-4-3-5-7-15)18(22(25)26-2)10-11-19(20)24-14;/h3-7,10-11,23H,8-9,12-13H2,1-2H3;1H. The van der Waals surface area contributed by atoms with Crippen LogP contribution in [0.3, 0.4) is 0 Å². The number of fused-ring (bicyclic) bond motifs is 3. The number of anilines is 1. The molecule has 0 spiro atoms. The average Bonchev–Trinajstić information content (AvgIpc) is 3.17. The van der Waals surface area contributed by atoms with Gasteiger partial charge in [0.05, 0.1) is 18.2 Å². The molecule has 27 heavy (non-hydrogen) atoms. The Morgan fingerprint density at radius 2 is 1.93 bits per heavy atom. The van der Waals surface area contributed by atoms with Crippen LogP contribution in [-0.4, -0.2) is 24.6 Å². The zero-order chi connectivity index (χ0) is 18.1. The minimum atomic E-state index is -0.290. The van der Waals surface area contributed by atoms with Crippen LogP contribution < -0.4 is 5.32 Å². The zero-order valence-corrected chi connectivity index (χ0v) is 16.4. The fraction of sp³-hybridized carbons (Fsp3) is 0.273. The van der Waals surface area contributed by atoms with Crippen LogP contribution in [0.25, 0.3) is 10.9 Å². The number of halogens is 1. The smallest absolute Gasteiger partial charge is 0.338 e. The highest BCUT2D eigenvalue weighted by Crippen LogP contribution is 2.36. The van der Waals surface area contributed by atoms with Gasteiger partial charge in [0.25, 0.3) is 0 Å². The van der Waals surface area contributed by atoms with Gasteiger partial charge in [-0.05, 0) is 55.0 Å². The van der Waals surface area contributed by atoms with Gasteiger partial charge >= 0.3 is 5.97 Å². The second kappa shape index (κ2) is 7.97. The summed E-state index contributed by atoms with van der Waals surface area (Å²) >= 11 is 0. The maximum absolute atomic E-state index is 12.4. The first-order valence-electron chi connectivity index (χ1n) is 9.00. The summed E-state index contributed by atoms with van der Waals surface area (Å²) in [5.41, 5.74) is 7.32. The number of ether oxygens (including phenoxy) is 1. The first kappa shape index (κ1) is 19.2. The lowest BCUT2D eigenvalue weighted by atomic mass is 9.93. The fourth-order valence-electron chi connectivity index (χ4n) is 3.88. The quantitative estimate of drug-likeness (QED) is 0.675. The molecule has 4 nitrogen and oxygen atoms in total. The van der Waals surface area contributed by atoms with Crippen LogP contribution >= 0.6 is 12.4 Å². The Hall–Kier alpha value is -2.59. The number of esters is 1. The summed E-state index contributed by atoms with van der Waals surface area (Å²) < 4.78 is 5.04. The van der Waals surface area contributed by atoms with E-state index in [1.807, 2.05) is 30.3 Å². The highest BCUT2D eigenvalue weighted by molar-refractivity contribution is 6.03. The third-order valence-corrected chi connectivity index (χ3v) is 5.16. The van der Waals surface area contributed by atoms with E-state index in [9.17, 15) is 4.79 Å². The van der Waals surface area contributed by atoms with Gasteiger partial charge in [-0.2, -0.15) is 0 Å². The highest BCUT2D eigenvalue weighted by atomic mass is 35.5. The largest absolute Gasteiger partial charge is 0.465 e. The van der Waals surface area contributed by atoms with Crippen LogP contribution in [0, 0.1) is 6.92 Å². The number of carbonyl (C=O) groups is 1. The van der Waals surface area contributed by atoms with Crippen molar-refractivity contribution < 1.29 is 9.53 Å². The highest BCUT2D eigenvalue weighted by Gasteiger charge is 2.23. The van der Waals surface area contributed by atoms with Crippen molar-refractivity contribution in [1.82, 2.24) is 4.98 Å². The molecule has 2 heterocycles. The normalized spacial score (nSPS) is 12.2. The van der Waals surface area contributed by atoms with Gasteiger partial charge in [0, 0.05) is 23.3 Å². The van der Waals surface area contributed by atoms with Gasteiger partial charge in [0.15, 0.2) is 0 Å². The Balaban J connectivity index is 0.00000210. The molecule has 3 aromatic rings. The number of nitrogens with one attached hydrogen (secondary N) is 1. The first-order valence-corrected chi connectivity index (χ1v) is 9.00. The van der Waals surface area contributed by atoms with Gasteiger partial charge in [-0.1, -0.05) is 30.3 Å². The monoisotopic (exact) mass is 382 g/mol.